The highest BCUT2D eigenvalue weighted by Crippen LogP contribution is 2.38. The van der Waals surface area contributed by atoms with Crippen LogP contribution in [0.3, 0.4) is 0 Å². The van der Waals surface area contributed by atoms with E-state index >= 15 is 0 Å². The number of hydrogen-bond acceptors (Lipinski definition) is 4. The van der Waals surface area contributed by atoms with Crippen molar-refractivity contribution in [1.29, 1.82) is 0 Å². The molecule has 0 N–H and O–H groups in total. The molecule has 1 amide bonds. The Balaban J connectivity index is 2.40. The van der Waals surface area contributed by atoms with Crippen molar-refractivity contribution in [2.45, 2.75) is 33.6 Å². The SMILES string of the molecule is CC(=O)N(C)c1nc2c(s1)C(=O)CC(C)(C)C2. The van der Waals surface area contributed by atoms with Gasteiger partial charge >= 0.3 is 0 Å². The highest BCUT2D eigenvalue weighted by atomic mass is 32.1. The number of fused-ring (bicyclic) bond motifs is 1. The molecule has 0 aliphatic heterocycles. The number of aromatic nitrogens is 1. The first-order valence-electron chi connectivity index (χ1n) is 5.57. The summed E-state index contributed by atoms with van der Waals surface area (Å²) in [4.78, 5) is 29.9. The van der Waals surface area contributed by atoms with Crippen LogP contribution in [0.1, 0.15) is 42.6 Å². The van der Waals surface area contributed by atoms with Crippen molar-refractivity contribution in [1.82, 2.24) is 4.98 Å². The summed E-state index contributed by atoms with van der Waals surface area (Å²) in [6, 6.07) is 0. The Labute approximate surface area is 105 Å². The predicted molar refractivity (Wildman–Crippen MR) is 67.6 cm³/mol. The van der Waals surface area contributed by atoms with Gasteiger partial charge in [-0.1, -0.05) is 25.2 Å². The van der Waals surface area contributed by atoms with Gasteiger partial charge in [-0.05, 0) is 11.8 Å². The van der Waals surface area contributed by atoms with Gasteiger partial charge in [-0.2, -0.15) is 0 Å². The van der Waals surface area contributed by atoms with Crippen molar-refractivity contribution in [3.63, 3.8) is 0 Å². The molecule has 1 aromatic rings. The summed E-state index contributed by atoms with van der Waals surface area (Å²) in [6.07, 6.45) is 1.36. The average molecular weight is 252 g/mol. The monoisotopic (exact) mass is 252 g/mol. The Morgan fingerprint density at radius 2 is 2.06 bits per heavy atom. The lowest BCUT2D eigenvalue weighted by atomic mass is 9.78. The summed E-state index contributed by atoms with van der Waals surface area (Å²) in [6.45, 7) is 5.63. The molecule has 1 aromatic heterocycles. The maximum absolute atomic E-state index is 12.0. The molecule has 0 unspecified atom stereocenters. The number of anilines is 1. The van der Waals surface area contributed by atoms with E-state index in [1.54, 1.807) is 7.05 Å². The minimum absolute atomic E-state index is 0.0236. The van der Waals surface area contributed by atoms with Crippen LogP contribution in [-0.4, -0.2) is 23.7 Å². The third-order valence-electron chi connectivity index (χ3n) is 2.98. The second kappa shape index (κ2) is 3.91. The quantitative estimate of drug-likeness (QED) is 0.770. The molecule has 0 spiro atoms. The number of Topliss-reactive ketones (excluding diaryl/α,β-unsaturated/α-hetero) is 1. The van der Waals surface area contributed by atoms with Crippen LogP contribution in [0.4, 0.5) is 5.13 Å². The highest BCUT2D eigenvalue weighted by Gasteiger charge is 2.34. The topological polar surface area (TPSA) is 50.3 Å². The van der Waals surface area contributed by atoms with Gasteiger partial charge in [0.25, 0.3) is 0 Å². The molecular weight excluding hydrogens is 236 g/mol. The summed E-state index contributed by atoms with van der Waals surface area (Å²) in [7, 11) is 1.68. The molecule has 17 heavy (non-hydrogen) atoms. The molecule has 92 valence electrons. The number of amides is 1. The van der Waals surface area contributed by atoms with Gasteiger partial charge in [0.05, 0.1) is 10.6 Å². The third kappa shape index (κ3) is 2.24. The first-order chi connectivity index (χ1) is 7.80. The third-order valence-corrected chi connectivity index (χ3v) is 4.20. The molecule has 0 bridgehead atoms. The number of carbonyl (C=O) groups excluding carboxylic acids is 2. The molecule has 4 nitrogen and oxygen atoms in total. The number of rotatable bonds is 1. The van der Waals surface area contributed by atoms with Gasteiger partial charge in [0.15, 0.2) is 10.9 Å². The molecule has 0 aromatic carbocycles. The van der Waals surface area contributed by atoms with Crippen LogP contribution in [0.5, 0.6) is 0 Å². The molecule has 0 fully saturated rings. The fraction of sp³-hybridized carbons (Fsp3) is 0.583. The zero-order valence-electron chi connectivity index (χ0n) is 10.5. The fourth-order valence-electron chi connectivity index (χ4n) is 1.99. The van der Waals surface area contributed by atoms with Crippen LogP contribution in [0.15, 0.2) is 0 Å². The molecular formula is C12H16N2O2S. The van der Waals surface area contributed by atoms with Crippen LogP contribution in [0.2, 0.25) is 0 Å². The van der Waals surface area contributed by atoms with E-state index in [-0.39, 0.29) is 17.1 Å². The fourth-order valence-corrected chi connectivity index (χ4v) is 3.01. The van der Waals surface area contributed by atoms with Gasteiger partial charge in [-0.15, -0.1) is 0 Å². The van der Waals surface area contributed by atoms with E-state index in [1.165, 1.54) is 23.2 Å². The van der Waals surface area contributed by atoms with E-state index < -0.39 is 0 Å². The molecule has 2 rings (SSSR count). The Morgan fingerprint density at radius 1 is 1.41 bits per heavy atom. The van der Waals surface area contributed by atoms with E-state index in [0.29, 0.717) is 11.6 Å². The molecule has 5 heteroatoms. The molecule has 1 heterocycles. The van der Waals surface area contributed by atoms with Crippen molar-refractivity contribution in [2.24, 2.45) is 5.41 Å². The Kier molecular flexibility index (Phi) is 2.81. The van der Waals surface area contributed by atoms with Crippen LogP contribution in [0, 0.1) is 5.41 Å². The number of carbonyl (C=O) groups is 2. The van der Waals surface area contributed by atoms with Crippen molar-refractivity contribution in [3.8, 4) is 0 Å². The van der Waals surface area contributed by atoms with Gasteiger partial charge in [0, 0.05) is 20.4 Å². The lowest BCUT2D eigenvalue weighted by Gasteiger charge is -2.26. The lowest BCUT2D eigenvalue weighted by Crippen LogP contribution is -2.26. The number of hydrogen-bond donors (Lipinski definition) is 0. The van der Waals surface area contributed by atoms with E-state index in [4.69, 9.17) is 0 Å². The Hall–Kier alpha value is -1.23. The summed E-state index contributed by atoms with van der Waals surface area (Å²) < 4.78 is 0. The van der Waals surface area contributed by atoms with Gasteiger partial charge in [0.1, 0.15) is 0 Å². The molecule has 0 radical (unpaired) electrons. The van der Waals surface area contributed by atoms with Crippen molar-refractivity contribution < 1.29 is 9.59 Å². The second-order valence-electron chi connectivity index (χ2n) is 5.29. The largest absolute Gasteiger partial charge is 0.293 e. The Bertz CT molecular complexity index is 491. The number of nitrogens with zero attached hydrogens (tertiary/aromatic N) is 2. The lowest BCUT2D eigenvalue weighted by molar-refractivity contribution is -0.116. The van der Waals surface area contributed by atoms with Gasteiger partial charge in [-0.25, -0.2) is 4.98 Å². The summed E-state index contributed by atoms with van der Waals surface area (Å²) in [5.41, 5.74) is 0.823. The smallest absolute Gasteiger partial charge is 0.225 e. The normalized spacial score (nSPS) is 17.8. The van der Waals surface area contributed by atoms with E-state index in [2.05, 4.69) is 18.8 Å². The van der Waals surface area contributed by atoms with Gasteiger partial charge < -0.3 is 0 Å². The summed E-state index contributed by atoms with van der Waals surface area (Å²) >= 11 is 1.33. The minimum Gasteiger partial charge on any atom is -0.293 e. The molecule has 1 aliphatic rings. The molecule has 0 atom stereocenters. The standard InChI is InChI=1S/C12H16N2O2S/c1-7(15)14(4)11-13-8-5-12(2,3)6-9(16)10(8)17-11/h5-6H2,1-4H3. The molecule has 0 saturated heterocycles. The van der Waals surface area contributed by atoms with Crippen molar-refractivity contribution in [2.75, 3.05) is 11.9 Å². The van der Waals surface area contributed by atoms with Crippen LogP contribution >= 0.6 is 11.3 Å². The van der Waals surface area contributed by atoms with Gasteiger partial charge in [-0.3, -0.25) is 14.5 Å². The minimum atomic E-state index is -0.0668. The summed E-state index contributed by atoms with van der Waals surface area (Å²) in [5.74, 6) is 0.0831. The highest BCUT2D eigenvalue weighted by molar-refractivity contribution is 7.17. The maximum Gasteiger partial charge on any atom is 0.225 e. The first kappa shape index (κ1) is 12.2. The van der Waals surface area contributed by atoms with E-state index in [0.717, 1.165) is 17.0 Å². The van der Waals surface area contributed by atoms with Crippen molar-refractivity contribution >= 4 is 28.2 Å². The zero-order chi connectivity index (χ0) is 12.8. The average Bonchev–Trinajstić information content (AvgIpc) is 2.58. The zero-order valence-corrected chi connectivity index (χ0v) is 11.3. The van der Waals surface area contributed by atoms with Crippen LogP contribution in [-0.2, 0) is 11.2 Å². The van der Waals surface area contributed by atoms with Crippen molar-refractivity contribution in [3.05, 3.63) is 10.6 Å². The maximum atomic E-state index is 12.0. The predicted octanol–water partition coefficient (Wildman–Crippen LogP) is 2.28. The Morgan fingerprint density at radius 3 is 2.65 bits per heavy atom. The van der Waals surface area contributed by atoms with E-state index in [1.807, 2.05) is 0 Å². The van der Waals surface area contributed by atoms with Crippen LogP contribution in [0.25, 0.3) is 0 Å². The molecule has 1 aliphatic carbocycles. The summed E-state index contributed by atoms with van der Waals surface area (Å²) in [5, 5.41) is 0.619. The van der Waals surface area contributed by atoms with Crippen LogP contribution < -0.4 is 4.90 Å². The van der Waals surface area contributed by atoms with E-state index in [9.17, 15) is 9.59 Å². The first-order valence-corrected chi connectivity index (χ1v) is 6.39. The second-order valence-corrected chi connectivity index (χ2v) is 6.27. The molecule has 0 saturated carbocycles. The number of thiazole rings is 1. The number of ketones is 1. The van der Waals surface area contributed by atoms with Gasteiger partial charge in [0.2, 0.25) is 5.91 Å².